The van der Waals surface area contributed by atoms with Crippen LogP contribution in [-0.2, 0) is 14.3 Å². The van der Waals surface area contributed by atoms with Gasteiger partial charge in [-0.25, -0.2) is 0 Å². The molecular weight excluding hydrogens is 150 g/mol. The molecule has 0 saturated heterocycles. The number of esters is 1. The fourth-order valence-corrected chi connectivity index (χ4v) is 0.407. The van der Waals surface area contributed by atoms with Gasteiger partial charge in [-0.15, -0.1) is 0 Å². The molecule has 5 heteroatoms. The van der Waals surface area contributed by atoms with Gasteiger partial charge in [-0.3, -0.25) is 4.79 Å². The second-order valence-corrected chi connectivity index (χ2v) is 1.95. The van der Waals surface area contributed by atoms with Gasteiger partial charge in [-0.2, -0.15) is 0 Å². The van der Waals surface area contributed by atoms with Crippen molar-refractivity contribution in [1.29, 1.82) is 0 Å². The smallest absolute Gasteiger partial charge is 0.325 e. The van der Waals surface area contributed by atoms with E-state index < -0.39 is 18.6 Å². The third kappa shape index (κ3) is 4.72. The van der Waals surface area contributed by atoms with E-state index in [-0.39, 0.29) is 6.61 Å². The van der Waals surface area contributed by atoms with Crippen molar-refractivity contribution in [1.82, 2.24) is 0 Å². The Morgan fingerprint density at radius 2 is 2.27 bits per heavy atom. The lowest BCUT2D eigenvalue weighted by Gasteiger charge is -2.07. The van der Waals surface area contributed by atoms with E-state index in [4.69, 9.17) is 10.8 Å². The van der Waals surface area contributed by atoms with Crippen LogP contribution < -0.4 is 5.73 Å². The zero-order chi connectivity index (χ0) is 8.69. The minimum absolute atomic E-state index is 0.170. The molecule has 0 aliphatic heterocycles. The van der Waals surface area contributed by atoms with E-state index in [1.54, 1.807) is 0 Å². The lowest BCUT2D eigenvalue weighted by atomic mass is 10.3. The van der Waals surface area contributed by atoms with Gasteiger partial charge in [0.05, 0.1) is 13.2 Å². The number of rotatable bonds is 5. The molecule has 0 saturated carbocycles. The second kappa shape index (κ2) is 6.09. The summed E-state index contributed by atoms with van der Waals surface area (Å²) in [6.45, 7) is 0.110. The molecule has 5 nitrogen and oxygen atoms in total. The number of aliphatic hydroxyl groups is 1. The first-order chi connectivity index (χ1) is 5.22. The van der Waals surface area contributed by atoms with Crippen LogP contribution in [0.5, 0.6) is 0 Å². The Labute approximate surface area is 65.1 Å². The van der Waals surface area contributed by atoms with E-state index in [0.717, 1.165) is 0 Å². The molecule has 0 heterocycles. The van der Waals surface area contributed by atoms with Crippen molar-refractivity contribution in [2.75, 3.05) is 26.9 Å². The molecular formula is C6H13NO4. The largest absolute Gasteiger partial charge is 0.462 e. The SMILES string of the molecule is COCCOC(=O)[C@@H](N)CO. The molecule has 0 radical (unpaired) electrons. The summed E-state index contributed by atoms with van der Waals surface area (Å²) < 4.78 is 9.21. The van der Waals surface area contributed by atoms with Crippen molar-refractivity contribution in [3.05, 3.63) is 0 Å². The summed E-state index contributed by atoms with van der Waals surface area (Å²) >= 11 is 0. The molecule has 66 valence electrons. The van der Waals surface area contributed by atoms with Crippen molar-refractivity contribution < 1.29 is 19.4 Å². The number of hydrogen-bond donors (Lipinski definition) is 2. The third-order valence-corrected chi connectivity index (χ3v) is 1.03. The summed E-state index contributed by atoms with van der Waals surface area (Å²) in [5.74, 6) is -0.607. The highest BCUT2D eigenvalue weighted by Crippen LogP contribution is 1.84. The molecule has 0 aliphatic carbocycles. The highest BCUT2D eigenvalue weighted by Gasteiger charge is 2.12. The number of ether oxygens (including phenoxy) is 2. The van der Waals surface area contributed by atoms with E-state index in [9.17, 15) is 4.79 Å². The van der Waals surface area contributed by atoms with Crippen LogP contribution in [-0.4, -0.2) is 44.0 Å². The van der Waals surface area contributed by atoms with E-state index in [1.165, 1.54) is 7.11 Å². The minimum atomic E-state index is -0.938. The summed E-state index contributed by atoms with van der Waals surface area (Å²) in [6.07, 6.45) is 0. The average Bonchev–Trinajstić information content (AvgIpc) is 2.03. The quantitative estimate of drug-likeness (QED) is 0.380. The summed E-state index contributed by atoms with van der Waals surface area (Å²) in [6, 6.07) is -0.938. The standard InChI is InChI=1S/C6H13NO4/c1-10-2-3-11-6(9)5(7)4-8/h5,8H,2-4,7H2,1H3/t5-/m0/s1. The van der Waals surface area contributed by atoms with E-state index in [2.05, 4.69) is 9.47 Å². The van der Waals surface area contributed by atoms with Crippen LogP contribution in [0, 0.1) is 0 Å². The third-order valence-electron chi connectivity index (χ3n) is 1.03. The fraction of sp³-hybridized carbons (Fsp3) is 0.833. The molecule has 3 N–H and O–H groups in total. The lowest BCUT2D eigenvalue weighted by molar-refractivity contribution is -0.147. The van der Waals surface area contributed by atoms with Crippen molar-refractivity contribution in [2.24, 2.45) is 5.73 Å². The first kappa shape index (κ1) is 10.3. The van der Waals surface area contributed by atoms with Crippen molar-refractivity contribution in [3.63, 3.8) is 0 Å². The maximum atomic E-state index is 10.7. The van der Waals surface area contributed by atoms with Crippen LogP contribution in [0.15, 0.2) is 0 Å². The van der Waals surface area contributed by atoms with Crippen LogP contribution in [0.1, 0.15) is 0 Å². The normalized spacial score (nSPS) is 12.6. The number of carbonyl (C=O) groups is 1. The van der Waals surface area contributed by atoms with Gasteiger partial charge in [0.15, 0.2) is 0 Å². The second-order valence-electron chi connectivity index (χ2n) is 1.95. The van der Waals surface area contributed by atoms with Gasteiger partial charge >= 0.3 is 5.97 Å². The predicted molar refractivity (Wildman–Crippen MR) is 37.9 cm³/mol. The first-order valence-electron chi connectivity index (χ1n) is 3.24. The van der Waals surface area contributed by atoms with Gasteiger partial charge < -0.3 is 20.3 Å². The maximum Gasteiger partial charge on any atom is 0.325 e. The molecule has 0 amide bonds. The predicted octanol–water partition coefficient (Wildman–Crippen LogP) is -1.50. The molecule has 1 atom stereocenters. The highest BCUT2D eigenvalue weighted by molar-refractivity contribution is 5.75. The molecule has 0 bridgehead atoms. The zero-order valence-corrected chi connectivity index (χ0v) is 6.45. The molecule has 0 rings (SSSR count). The van der Waals surface area contributed by atoms with Crippen LogP contribution in [0.2, 0.25) is 0 Å². The number of carbonyl (C=O) groups excluding carboxylic acids is 1. The van der Waals surface area contributed by atoms with Crippen molar-refractivity contribution in [3.8, 4) is 0 Å². The van der Waals surface area contributed by atoms with E-state index in [1.807, 2.05) is 0 Å². The first-order valence-corrected chi connectivity index (χ1v) is 3.24. The molecule has 0 unspecified atom stereocenters. The summed E-state index contributed by atoms with van der Waals surface area (Å²) in [4.78, 5) is 10.7. The highest BCUT2D eigenvalue weighted by atomic mass is 16.6. The average molecular weight is 163 g/mol. The van der Waals surface area contributed by atoms with Crippen molar-refractivity contribution in [2.45, 2.75) is 6.04 Å². The van der Waals surface area contributed by atoms with Gasteiger partial charge in [-0.1, -0.05) is 0 Å². The van der Waals surface area contributed by atoms with Gasteiger partial charge in [-0.05, 0) is 0 Å². The van der Waals surface area contributed by atoms with Crippen LogP contribution in [0.3, 0.4) is 0 Å². The monoisotopic (exact) mass is 163 g/mol. The van der Waals surface area contributed by atoms with Gasteiger partial charge in [0.1, 0.15) is 12.6 Å². The Morgan fingerprint density at radius 3 is 2.73 bits per heavy atom. The summed E-state index contributed by atoms with van der Waals surface area (Å²) in [5, 5.41) is 8.40. The Bertz CT molecular complexity index is 117. The molecule has 0 spiro atoms. The maximum absolute atomic E-state index is 10.7. The number of nitrogens with two attached hydrogens (primary N) is 1. The minimum Gasteiger partial charge on any atom is -0.462 e. The van der Waals surface area contributed by atoms with Crippen LogP contribution >= 0.6 is 0 Å². The lowest BCUT2D eigenvalue weighted by Crippen LogP contribution is -2.36. The van der Waals surface area contributed by atoms with E-state index >= 15 is 0 Å². The van der Waals surface area contributed by atoms with Gasteiger partial charge in [0, 0.05) is 7.11 Å². The fourth-order valence-electron chi connectivity index (χ4n) is 0.407. The number of aliphatic hydroxyl groups excluding tert-OH is 1. The topological polar surface area (TPSA) is 81.8 Å². The molecule has 0 fully saturated rings. The Balaban J connectivity index is 3.36. The summed E-state index contributed by atoms with van der Waals surface area (Å²) in [5.41, 5.74) is 5.13. The Kier molecular flexibility index (Phi) is 5.73. The van der Waals surface area contributed by atoms with E-state index in [0.29, 0.717) is 6.61 Å². The number of hydrogen-bond acceptors (Lipinski definition) is 5. The number of methoxy groups -OCH3 is 1. The molecule has 11 heavy (non-hydrogen) atoms. The Morgan fingerprint density at radius 1 is 1.64 bits per heavy atom. The zero-order valence-electron chi connectivity index (χ0n) is 6.45. The van der Waals surface area contributed by atoms with Crippen LogP contribution in [0.25, 0.3) is 0 Å². The van der Waals surface area contributed by atoms with Crippen LogP contribution in [0.4, 0.5) is 0 Å². The van der Waals surface area contributed by atoms with Gasteiger partial charge in [0.2, 0.25) is 0 Å². The Hall–Kier alpha value is -0.650. The van der Waals surface area contributed by atoms with Crippen molar-refractivity contribution >= 4 is 5.97 Å². The molecule has 0 aromatic heterocycles. The molecule has 0 aromatic carbocycles. The van der Waals surface area contributed by atoms with Gasteiger partial charge in [0.25, 0.3) is 0 Å². The molecule has 0 aliphatic rings. The molecule has 0 aromatic rings. The summed E-state index contributed by atoms with van der Waals surface area (Å²) in [7, 11) is 1.50.